The Morgan fingerprint density at radius 3 is 2.73 bits per heavy atom. The molecule has 1 aromatic heterocycles. The zero-order chi connectivity index (χ0) is 23.8. The van der Waals surface area contributed by atoms with Crippen molar-refractivity contribution in [2.24, 2.45) is 5.92 Å². The average molecular weight is 455 g/mol. The van der Waals surface area contributed by atoms with Gasteiger partial charge in [-0.05, 0) is 74.1 Å². The highest BCUT2D eigenvalue weighted by molar-refractivity contribution is 6.04. The van der Waals surface area contributed by atoms with Gasteiger partial charge in [0.15, 0.2) is 5.78 Å². The summed E-state index contributed by atoms with van der Waals surface area (Å²) in [6, 6.07) is 10.1. The van der Waals surface area contributed by atoms with Gasteiger partial charge in [0.2, 0.25) is 5.95 Å². The number of aryl methyl sites for hydroxylation is 1. The normalized spacial score (nSPS) is 18.4. The number of nitrogens with one attached hydrogen (secondary N) is 1. The van der Waals surface area contributed by atoms with Crippen LogP contribution < -0.4 is 5.32 Å². The van der Waals surface area contributed by atoms with Gasteiger partial charge in [0.1, 0.15) is 0 Å². The summed E-state index contributed by atoms with van der Waals surface area (Å²) in [5.74, 6) is -0.162. The Morgan fingerprint density at radius 1 is 1.21 bits per heavy atom. The molecule has 0 saturated heterocycles. The molecule has 0 unspecified atom stereocenters. The first-order chi connectivity index (χ1) is 15.7. The molecule has 8 heteroatoms. The monoisotopic (exact) mass is 455 g/mol. The maximum absolute atomic E-state index is 13.1. The van der Waals surface area contributed by atoms with Crippen LogP contribution in [0.25, 0.3) is 11.0 Å². The maximum Gasteiger partial charge on any atom is 0.416 e. The Morgan fingerprint density at radius 2 is 2.00 bits per heavy atom. The lowest BCUT2D eigenvalue weighted by atomic mass is 10.0. The fourth-order valence-corrected chi connectivity index (χ4v) is 4.51. The standard InChI is InChI=1S/C25H24F3N3O2/c1-3-20(32)13-16-8-9-19(12-16)31-22-10-7-15(2)11-21(22)29-24(31)30-23(33)17-5-4-6-18(14-17)25(26,27)28/h3-7,10-11,14,16,19H,1,8-9,12-13H2,2H3,(H,29,30,33)/t16-,19+/m0/s1. The molecule has 1 amide bonds. The molecule has 1 aliphatic rings. The number of hydrogen-bond donors (Lipinski definition) is 1. The lowest BCUT2D eigenvalue weighted by Crippen LogP contribution is -2.18. The third-order valence-corrected chi connectivity index (χ3v) is 6.12. The third kappa shape index (κ3) is 4.84. The van der Waals surface area contributed by atoms with E-state index in [1.807, 2.05) is 29.7 Å². The highest BCUT2D eigenvalue weighted by atomic mass is 19.4. The van der Waals surface area contributed by atoms with Gasteiger partial charge in [0, 0.05) is 18.0 Å². The number of hydrogen-bond acceptors (Lipinski definition) is 3. The van der Waals surface area contributed by atoms with Gasteiger partial charge in [-0.2, -0.15) is 13.2 Å². The predicted molar refractivity (Wildman–Crippen MR) is 120 cm³/mol. The summed E-state index contributed by atoms with van der Waals surface area (Å²) in [4.78, 5) is 29.3. The summed E-state index contributed by atoms with van der Waals surface area (Å²) < 4.78 is 41.2. The Labute approximate surface area is 189 Å². The topological polar surface area (TPSA) is 64.0 Å². The van der Waals surface area contributed by atoms with Gasteiger partial charge in [0.05, 0.1) is 16.6 Å². The van der Waals surface area contributed by atoms with Gasteiger partial charge in [-0.3, -0.25) is 14.9 Å². The fraction of sp³-hybridized carbons (Fsp3) is 0.320. The zero-order valence-corrected chi connectivity index (χ0v) is 18.2. The molecule has 4 rings (SSSR count). The van der Waals surface area contributed by atoms with Gasteiger partial charge in [-0.15, -0.1) is 0 Å². The molecule has 0 spiro atoms. The molecule has 0 bridgehead atoms. The van der Waals surface area contributed by atoms with Crippen molar-refractivity contribution in [3.8, 4) is 0 Å². The van der Waals surface area contributed by atoms with Crippen molar-refractivity contribution in [3.05, 3.63) is 71.8 Å². The van der Waals surface area contributed by atoms with Crippen LogP contribution >= 0.6 is 0 Å². The minimum absolute atomic E-state index is 0.00448. The highest BCUT2D eigenvalue weighted by Gasteiger charge is 2.32. The molecule has 33 heavy (non-hydrogen) atoms. The summed E-state index contributed by atoms with van der Waals surface area (Å²) in [6.45, 7) is 5.47. The van der Waals surface area contributed by atoms with E-state index in [-0.39, 0.29) is 23.3 Å². The second-order valence-corrected chi connectivity index (χ2v) is 8.54. The molecule has 1 fully saturated rings. The van der Waals surface area contributed by atoms with E-state index in [4.69, 9.17) is 0 Å². The summed E-state index contributed by atoms with van der Waals surface area (Å²) in [7, 11) is 0. The number of allylic oxidation sites excluding steroid dienone is 1. The van der Waals surface area contributed by atoms with E-state index < -0.39 is 17.6 Å². The van der Waals surface area contributed by atoms with Gasteiger partial charge in [0.25, 0.3) is 5.91 Å². The Bertz CT molecular complexity index is 1230. The largest absolute Gasteiger partial charge is 0.416 e. The van der Waals surface area contributed by atoms with Crippen molar-refractivity contribution in [3.63, 3.8) is 0 Å². The molecule has 1 aliphatic carbocycles. The second-order valence-electron chi connectivity index (χ2n) is 8.54. The molecule has 3 aromatic rings. The van der Waals surface area contributed by atoms with E-state index in [0.29, 0.717) is 17.9 Å². The van der Waals surface area contributed by atoms with Crippen LogP contribution in [0.1, 0.15) is 53.2 Å². The number of fused-ring (bicyclic) bond motifs is 1. The van der Waals surface area contributed by atoms with E-state index >= 15 is 0 Å². The molecule has 0 aliphatic heterocycles. The second kappa shape index (κ2) is 8.84. The highest BCUT2D eigenvalue weighted by Crippen LogP contribution is 2.40. The summed E-state index contributed by atoms with van der Waals surface area (Å²) in [6.07, 6.45) is -0.368. The molecule has 5 nitrogen and oxygen atoms in total. The molecule has 2 atom stereocenters. The van der Waals surface area contributed by atoms with Crippen molar-refractivity contribution >= 4 is 28.7 Å². The number of anilines is 1. The smallest absolute Gasteiger partial charge is 0.307 e. The number of carbonyl (C=O) groups is 2. The molecular weight excluding hydrogens is 431 g/mol. The average Bonchev–Trinajstić information content (AvgIpc) is 3.36. The van der Waals surface area contributed by atoms with Gasteiger partial charge in [-0.25, -0.2) is 4.98 Å². The number of aromatic nitrogens is 2. The van der Waals surface area contributed by atoms with Crippen molar-refractivity contribution in [2.75, 3.05) is 5.32 Å². The number of imidazole rings is 1. The Balaban J connectivity index is 1.66. The van der Waals surface area contributed by atoms with E-state index in [0.717, 1.165) is 42.5 Å². The molecule has 1 heterocycles. The minimum Gasteiger partial charge on any atom is -0.307 e. The molecule has 1 N–H and O–H groups in total. The molecule has 0 radical (unpaired) electrons. The Hall–Kier alpha value is -3.42. The lowest BCUT2D eigenvalue weighted by molar-refractivity contribution is -0.137. The number of alkyl halides is 3. The van der Waals surface area contributed by atoms with Crippen LogP contribution in [0.4, 0.5) is 19.1 Å². The number of carbonyl (C=O) groups excluding carboxylic acids is 2. The van der Waals surface area contributed by atoms with Crippen molar-refractivity contribution in [1.29, 1.82) is 0 Å². The molecular formula is C25H24F3N3O2. The van der Waals surface area contributed by atoms with Crippen molar-refractivity contribution < 1.29 is 22.8 Å². The van der Waals surface area contributed by atoms with Crippen LogP contribution in [0.3, 0.4) is 0 Å². The Kier molecular flexibility index (Phi) is 6.10. The SMILES string of the molecule is C=CC(=O)C[C@H]1CC[C@@H](n2c(NC(=O)c3cccc(C(F)(F)F)c3)nc3cc(C)ccc32)C1. The quantitative estimate of drug-likeness (QED) is 0.457. The first kappa shape index (κ1) is 22.8. The number of amides is 1. The summed E-state index contributed by atoms with van der Waals surface area (Å²) >= 11 is 0. The van der Waals surface area contributed by atoms with Crippen LogP contribution in [-0.4, -0.2) is 21.2 Å². The minimum atomic E-state index is -4.54. The van der Waals surface area contributed by atoms with E-state index in [9.17, 15) is 22.8 Å². The zero-order valence-electron chi connectivity index (χ0n) is 18.2. The van der Waals surface area contributed by atoms with Crippen LogP contribution in [-0.2, 0) is 11.0 Å². The van der Waals surface area contributed by atoms with Gasteiger partial charge < -0.3 is 4.57 Å². The fourth-order valence-electron chi connectivity index (χ4n) is 4.51. The number of ketones is 1. The van der Waals surface area contributed by atoms with Gasteiger partial charge in [-0.1, -0.05) is 18.7 Å². The van der Waals surface area contributed by atoms with Crippen LogP contribution in [0.5, 0.6) is 0 Å². The first-order valence-corrected chi connectivity index (χ1v) is 10.8. The molecule has 2 aromatic carbocycles. The van der Waals surface area contributed by atoms with E-state index in [1.165, 1.54) is 18.2 Å². The van der Waals surface area contributed by atoms with Crippen molar-refractivity contribution in [1.82, 2.24) is 9.55 Å². The molecule has 172 valence electrons. The number of nitrogens with zero attached hydrogens (tertiary/aromatic N) is 2. The first-order valence-electron chi connectivity index (χ1n) is 10.8. The summed E-state index contributed by atoms with van der Waals surface area (Å²) in [5.41, 5.74) is 1.55. The van der Waals surface area contributed by atoms with E-state index in [2.05, 4.69) is 16.9 Å². The van der Waals surface area contributed by atoms with Crippen LogP contribution in [0.15, 0.2) is 55.1 Å². The number of benzene rings is 2. The lowest BCUT2D eigenvalue weighted by Gasteiger charge is -2.18. The van der Waals surface area contributed by atoms with E-state index in [1.54, 1.807) is 0 Å². The maximum atomic E-state index is 13.1. The van der Waals surface area contributed by atoms with Crippen LogP contribution in [0.2, 0.25) is 0 Å². The van der Waals surface area contributed by atoms with Crippen LogP contribution in [0, 0.1) is 12.8 Å². The number of rotatable bonds is 6. The predicted octanol–water partition coefficient (Wildman–Crippen LogP) is 6.10. The summed E-state index contributed by atoms with van der Waals surface area (Å²) in [5, 5.41) is 2.72. The van der Waals surface area contributed by atoms with Gasteiger partial charge >= 0.3 is 6.18 Å². The molecule has 1 saturated carbocycles. The van der Waals surface area contributed by atoms with Crippen molar-refractivity contribution in [2.45, 2.75) is 44.8 Å². The number of halogens is 3. The third-order valence-electron chi connectivity index (χ3n) is 6.12.